The number of aliphatic imine (C=N–C) groups is 1. The molecule has 2 heteroatoms. The molecule has 0 saturated carbocycles. The van der Waals surface area contributed by atoms with E-state index in [2.05, 4.69) is 194 Å². The standard InChI is InChI=1S/C61H42N2/c62-60(46-31-29-43(30-32-46)42-17-5-1-6-18-42)63-59(45-19-7-2-8-20-45)38-35-44-33-36-53(54-28-16-15-27-52(44)54)49-34-37-55-56-39-47-21-13-14-22-48(47)40-58(56)61(57(55)41-49,50-23-9-3-10-24-50)51-25-11-4-12-26-51/h1-41,62H/b38-35+,62-60?,63-59?. The first-order valence-electron chi connectivity index (χ1n) is 21.5. The number of benzene rings is 10. The number of fused-ring (bicyclic) bond motifs is 5. The van der Waals surface area contributed by atoms with Crippen molar-refractivity contribution in [1.82, 2.24) is 0 Å². The number of rotatable bonds is 8. The Morgan fingerprint density at radius 3 is 1.60 bits per heavy atom. The number of nitrogens with zero attached hydrogens (tertiary/aromatic N) is 1. The lowest BCUT2D eigenvalue weighted by molar-refractivity contribution is 0.770. The van der Waals surface area contributed by atoms with Crippen molar-refractivity contribution in [2.75, 3.05) is 0 Å². The Morgan fingerprint density at radius 1 is 0.397 bits per heavy atom. The van der Waals surface area contributed by atoms with Crippen molar-refractivity contribution in [2.24, 2.45) is 4.99 Å². The van der Waals surface area contributed by atoms with Gasteiger partial charge in [0.15, 0.2) is 5.84 Å². The van der Waals surface area contributed by atoms with Crippen molar-refractivity contribution in [2.45, 2.75) is 5.41 Å². The largest absolute Gasteiger partial charge is 0.282 e. The molecule has 0 aromatic heterocycles. The molecule has 11 rings (SSSR count). The van der Waals surface area contributed by atoms with Crippen molar-refractivity contribution in [3.63, 3.8) is 0 Å². The first kappa shape index (κ1) is 37.8. The van der Waals surface area contributed by atoms with Gasteiger partial charge in [-0.15, -0.1) is 0 Å². The van der Waals surface area contributed by atoms with E-state index in [0.717, 1.165) is 38.9 Å². The summed E-state index contributed by atoms with van der Waals surface area (Å²) < 4.78 is 0. The molecule has 1 aliphatic rings. The average molecular weight is 803 g/mol. The van der Waals surface area contributed by atoms with Gasteiger partial charge in [-0.3, -0.25) is 5.41 Å². The molecule has 2 nitrogen and oxygen atoms in total. The van der Waals surface area contributed by atoms with Crippen molar-refractivity contribution in [3.05, 3.63) is 282 Å². The lowest BCUT2D eigenvalue weighted by atomic mass is 9.67. The van der Waals surface area contributed by atoms with E-state index in [9.17, 15) is 0 Å². The Kier molecular flexibility index (Phi) is 9.60. The summed E-state index contributed by atoms with van der Waals surface area (Å²) >= 11 is 0. The molecule has 0 saturated heterocycles. The molecule has 0 unspecified atom stereocenters. The molecular weight excluding hydrogens is 761 g/mol. The highest BCUT2D eigenvalue weighted by molar-refractivity contribution is 6.18. The first-order valence-corrected chi connectivity index (χ1v) is 21.5. The molecule has 0 spiro atoms. The molecule has 10 aromatic rings. The second-order valence-corrected chi connectivity index (χ2v) is 16.2. The second kappa shape index (κ2) is 16.0. The van der Waals surface area contributed by atoms with Crippen molar-refractivity contribution in [3.8, 4) is 33.4 Å². The van der Waals surface area contributed by atoms with Gasteiger partial charge in [0.1, 0.15) is 0 Å². The fourth-order valence-corrected chi connectivity index (χ4v) is 9.67. The number of nitrogens with one attached hydrogen (secondary N) is 1. The van der Waals surface area contributed by atoms with Gasteiger partial charge in [-0.25, -0.2) is 4.99 Å². The molecule has 0 atom stereocenters. The molecule has 63 heavy (non-hydrogen) atoms. The predicted molar refractivity (Wildman–Crippen MR) is 265 cm³/mol. The monoisotopic (exact) mass is 802 g/mol. The van der Waals surface area contributed by atoms with E-state index >= 15 is 0 Å². The molecule has 0 bridgehead atoms. The Bertz CT molecular complexity index is 3330. The third kappa shape index (κ3) is 6.70. The maximum absolute atomic E-state index is 9.07. The summed E-state index contributed by atoms with van der Waals surface area (Å²) in [5.74, 6) is 0.215. The zero-order valence-corrected chi connectivity index (χ0v) is 34.6. The van der Waals surface area contributed by atoms with Gasteiger partial charge in [0, 0.05) is 11.1 Å². The van der Waals surface area contributed by atoms with Crippen molar-refractivity contribution in [1.29, 1.82) is 5.41 Å². The molecule has 296 valence electrons. The van der Waals surface area contributed by atoms with E-state index < -0.39 is 5.41 Å². The van der Waals surface area contributed by atoms with E-state index in [-0.39, 0.29) is 5.84 Å². The Balaban J connectivity index is 1.02. The van der Waals surface area contributed by atoms with Gasteiger partial charge in [0.25, 0.3) is 0 Å². The highest BCUT2D eigenvalue weighted by Crippen LogP contribution is 2.57. The smallest absolute Gasteiger partial charge is 0.152 e. The van der Waals surface area contributed by atoms with Crippen LogP contribution in [0.4, 0.5) is 0 Å². The van der Waals surface area contributed by atoms with Crippen molar-refractivity contribution < 1.29 is 0 Å². The Labute approximate surface area is 368 Å². The first-order chi connectivity index (χ1) is 31.1. The van der Waals surface area contributed by atoms with Crippen LogP contribution >= 0.6 is 0 Å². The molecule has 0 amide bonds. The lowest BCUT2D eigenvalue weighted by Crippen LogP contribution is -2.28. The summed E-state index contributed by atoms with van der Waals surface area (Å²) in [7, 11) is 0. The van der Waals surface area contributed by atoms with Crippen LogP contribution < -0.4 is 0 Å². The van der Waals surface area contributed by atoms with Crippen LogP contribution in [-0.2, 0) is 5.41 Å². The summed E-state index contributed by atoms with van der Waals surface area (Å²) in [5, 5.41) is 13.9. The van der Waals surface area contributed by atoms with E-state index in [0.29, 0.717) is 0 Å². The Morgan fingerprint density at radius 2 is 0.921 bits per heavy atom. The van der Waals surface area contributed by atoms with E-state index in [1.54, 1.807) is 0 Å². The second-order valence-electron chi connectivity index (χ2n) is 16.2. The lowest BCUT2D eigenvalue weighted by Gasteiger charge is -2.34. The summed E-state index contributed by atoms with van der Waals surface area (Å²) in [6, 6.07) is 84.4. The number of hydrogen-bond acceptors (Lipinski definition) is 1. The van der Waals surface area contributed by atoms with Crippen LogP contribution in [-0.4, -0.2) is 11.5 Å². The van der Waals surface area contributed by atoms with Crippen LogP contribution in [0.25, 0.3) is 61.0 Å². The highest BCUT2D eigenvalue weighted by atomic mass is 14.8. The molecular formula is C61H42N2. The van der Waals surface area contributed by atoms with Gasteiger partial charge < -0.3 is 0 Å². The molecule has 0 fully saturated rings. The number of hydrogen-bond donors (Lipinski definition) is 1. The van der Waals surface area contributed by atoms with Gasteiger partial charge in [-0.1, -0.05) is 224 Å². The van der Waals surface area contributed by atoms with E-state index in [1.807, 2.05) is 54.6 Å². The molecule has 0 heterocycles. The molecule has 0 aliphatic heterocycles. The minimum absolute atomic E-state index is 0.215. The van der Waals surface area contributed by atoms with Crippen LogP contribution in [0.2, 0.25) is 0 Å². The van der Waals surface area contributed by atoms with E-state index in [4.69, 9.17) is 10.4 Å². The molecule has 10 aromatic carbocycles. The Hall–Kier alpha value is -8.20. The topological polar surface area (TPSA) is 36.2 Å². The fraction of sp³-hybridized carbons (Fsp3) is 0.0164. The normalized spacial score (nSPS) is 13.0. The van der Waals surface area contributed by atoms with E-state index in [1.165, 1.54) is 60.7 Å². The third-order valence-corrected chi connectivity index (χ3v) is 12.7. The van der Waals surface area contributed by atoms with Gasteiger partial charge in [0.2, 0.25) is 0 Å². The minimum atomic E-state index is -0.517. The van der Waals surface area contributed by atoms with Gasteiger partial charge in [0.05, 0.1) is 11.1 Å². The summed E-state index contributed by atoms with van der Waals surface area (Å²) in [5.41, 5.74) is 15.3. The summed E-state index contributed by atoms with van der Waals surface area (Å²) in [6.45, 7) is 0. The zero-order valence-electron chi connectivity index (χ0n) is 34.6. The van der Waals surface area contributed by atoms with Crippen LogP contribution in [0.3, 0.4) is 0 Å². The molecule has 0 radical (unpaired) electrons. The van der Waals surface area contributed by atoms with Crippen LogP contribution in [0.15, 0.2) is 248 Å². The molecule has 1 aliphatic carbocycles. The van der Waals surface area contributed by atoms with Gasteiger partial charge in [-0.2, -0.15) is 0 Å². The number of allylic oxidation sites excluding steroid dienone is 1. The average Bonchev–Trinajstić information content (AvgIpc) is 3.64. The highest BCUT2D eigenvalue weighted by Gasteiger charge is 2.46. The minimum Gasteiger partial charge on any atom is -0.282 e. The maximum atomic E-state index is 9.07. The summed E-state index contributed by atoms with van der Waals surface area (Å²) in [4.78, 5) is 4.92. The molecule has 1 N–H and O–H groups in total. The van der Waals surface area contributed by atoms with Crippen molar-refractivity contribution >= 4 is 39.2 Å². The summed E-state index contributed by atoms with van der Waals surface area (Å²) in [6.07, 6.45) is 4.19. The SMILES string of the molecule is N=C(N=C(/C=C/c1ccc(-c2ccc3c(c2)C(c2ccccc2)(c2ccccc2)c2cc4ccccc4cc2-3)c2ccccc12)c1ccccc1)c1ccc(-c2ccccc2)cc1. The van der Waals surface area contributed by atoms with Crippen LogP contribution in [0.1, 0.15) is 38.9 Å². The third-order valence-electron chi connectivity index (χ3n) is 12.7. The fourth-order valence-electron chi connectivity index (χ4n) is 9.67. The maximum Gasteiger partial charge on any atom is 0.152 e. The van der Waals surface area contributed by atoms with Crippen LogP contribution in [0.5, 0.6) is 0 Å². The zero-order chi connectivity index (χ0) is 42.2. The van der Waals surface area contributed by atoms with Crippen LogP contribution in [0, 0.1) is 5.41 Å². The van der Waals surface area contributed by atoms with Gasteiger partial charge in [-0.05, 0) is 107 Å². The number of amidine groups is 1. The quantitative estimate of drug-likeness (QED) is 0.117. The van der Waals surface area contributed by atoms with Gasteiger partial charge >= 0.3 is 0 Å². The predicted octanol–water partition coefficient (Wildman–Crippen LogP) is 15.2.